The van der Waals surface area contributed by atoms with Gasteiger partial charge in [0, 0.05) is 38.6 Å². The van der Waals surface area contributed by atoms with Gasteiger partial charge in [-0.2, -0.15) is 0 Å². The van der Waals surface area contributed by atoms with Gasteiger partial charge in [0.25, 0.3) is 0 Å². The fourth-order valence-electron chi connectivity index (χ4n) is 3.35. The van der Waals surface area contributed by atoms with Gasteiger partial charge in [-0.3, -0.25) is 14.7 Å². The van der Waals surface area contributed by atoms with Crippen LogP contribution in [0.5, 0.6) is 0 Å². The first-order valence-corrected chi connectivity index (χ1v) is 8.41. The Hall–Kier alpha value is -2.47. The van der Waals surface area contributed by atoms with Crippen molar-refractivity contribution in [3.63, 3.8) is 0 Å². The van der Waals surface area contributed by atoms with Crippen LogP contribution in [0.1, 0.15) is 17.7 Å². The lowest BCUT2D eigenvalue weighted by Crippen LogP contribution is -2.53. The molecule has 1 aliphatic rings. The Balaban J connectivity index is 1.78. The molecule has 1 aromatic carbocycles. The Labute approximate surface area is 147 Å². The number of pyridine rings is 1. The molecule has 0 bridgehead atoms. The van der Waals surface area contributed by atoms with Gasteiger partial charge in [-0.05, 0) is 43.2 Å². The number of aryl methyl sites for hydroxylation is 1. The van der Waals surface area contributed by atoms with Crippen molar-refractivity contribution in [3.05, 3.63) is 59.7 Å². The molecule has 25 heavy (non-hydrogen) atoms. The van der Waals surface area contributed by atoms with E-state index in [2.05, 4.69) is 20.5 Å². The van der Waals surface area contributed by atoms with E-state index in [1.807, 2.05) is 19.1 Å². The normalized spacial score (nSPS) is 20.4. The highest BCUT2D eigenvalue weighted by Crippen LogP contribution is 2.28. The first kappa shape index (κ1) is 17.4. The molecule has 3 rings (SSSR count). The monoisotopic (exact) mass is 342 g/mol. The van der Waals surface area contributed by atoms with Crippen LogP contribution < -0.4 is 10.6 Å². The van der Waals surface area contributed by atoms with Gasteiger partial charge in [0.15, 0.2) is 0 Å². The number of benzene rings is 1. The Kier molecular flexibility index (Phi) is 4.99. The lowest BCUT2D eigenvalue weighted by Gasteiger charge is -2.30. The van der Waals surface area contributed by atoms with E-state index in [-0.39, 0.29) is 11.7 Å². The van der Waals surface area contributed by atoms with Crippen LogP contribution in [0.25, 0.3) is 0 Å². The van der Waals surface area contributed by atoms with Crippen LogP contribution in [-0.4, -0.2) is 41.5 Å². The molecule has 2 heterocycles. The van der Waals surface area contributed by atoms with Gasteiger partial charge in [0.05, 0.1) is 5.69 Å². The topological polar surface area (TPSA) is 57.3 Å². The summed E-state index contributed by atoms with van der Waals surface area (Å²) in [5.41, 5.74) is 1.99. The SMILES string of the molecule is CNC(=O)C1(Nc2cccc(F)c2)CCN(Cc2ncccc2C)C1. The summed E-state index contributed by atoms with van der Waals surface area (Å²) >= 11 is 0. The molecular formula is C19H23FN4O. The summed E-state index contributed by atoms with van der Waals surface area (Å²) in [7, 11) is 1.63. The van der Waals surface area contributed by atoms with E-state index in [1.165, 1.54) is 12.1 Å². The summed E-state index contributed by atoms with van der Waals surface area (Å²) in [6.07, 6.45) is 2.43. The number of hydrogen-bond acceptors (Lipinski definition) is 4. The molecule has 1 unspecified atom stereocenters. The number of likely N-dealkylation sites (N-methyl/N-ethyl adjacent to an activating group) is 1. The zero-order valence-electron chi connectivity index (χ0n) is 14.6. The van der Waals surface area contributed by atoms with Crippen LogP contribution >= 0.6 is 0 Å². The molecule has 1 atom stereocenters. The molecule has 6 heteroatoms. The number of amides is 1. The average molecular weight is 342 g/mol. The van der Waals surface area contributed by atoms with Crippen molar-refractivity contribution in [3.8, 4) is 0 Å². The number of nitrogens with zero attached hydrogens (tertiary/aromatic N) is 2. The summed E-state index contributed by atoms with van der Waals surface area (Å²) in [6.45, 7) is 4.04. The van der Waals surface area contributed by atoms with E-state index in [9.17, 15) is 9.18 Å². The minimum Gasteiger partial charge on any atom is -0.370 e. The molecule has 2 N–H and O–H groups in total. The van der Waals surface area contributed by atoms with Gasteiger partial charge < -0.3 is 10.6 Å². The molecular weight excluding hydrogens is 319 g/mol. The highest BCUT2D eigenvalue weighted by molar-refractivity contribution is 5.90. The predicted octanol–water partition coefficient (Wildman–Crippen LogP) is 2.33. The summed E-state index contributed by atoms with van der Waals surface area (Å²) in [6, 6.07) is 10.2. The van der Waals surface area contributed by atoms with E-state index in [1.54, 1.807) is 25.4 Å². The average Bonchev–Trinajstić information content (AvgIpc) is 3.00. The maximum Gasteiger partial charge on any atom is 0.246 e. The molecule has 1 aliphatic heterocycles. The number of hydrogen-bond donors (Lipinski definition) is 2. The molecule has 1 amide bonds. The second-order valence-corrected chi connectivity index (χ2v) is 6.52. The van der Waals surface area contributed by atoms with Crippen molar-refractivity contribution in [1.82, 2.24) is 15.2 Å². The Morgan fingerprint density at radius 1 is 1.36 bits per heavy atom. The maximum atomic E-state index is 13.5. The van der Waals surface area contributed by atoms with E-state index in [0.29, 0.717) is 25.2 Å². The van der Waals surface area contributed by atoms with Gasteiger partial charge >= 0.3 is 0 Å². The van der Waals surface area contributed by atoms with Gasteiger partial charge in [-0.1, -0.05) is 12.1 Å². The van der Waals surface area contributed by atoms with E-state index in [0.717, 1.165) is 17.8 Å². The number of rotatable bonds is 5. The first-order valence-electron chi connectivity index (χ1n) is 8.41. The van der Waals surface area contributed by atoms with Crippen molar-refractivity contribution in [2.24, 2.45) is 0 Å². The van der Waals surface area contributed by atoms with E-state index in [4.69, 9.17) is 0 Å². The zero-order valence-corrected chi connectivity index (χ0v) is 14.6. The predicted molar refractivity (Wildman–Crippen MR) is 95.7 cm³/mol. The third kappa shape index (κ3) is 3.79. The Morgan fingerprint density at radius 2 is 2.20 bits per heavy atom. The lowest BCUT2D eigenvalue weighted by atomic mass is 9.96. The highest BCUT2D eigenvalue weighted by atomic mass is 19.1. The number of anilines is 1. The maximum absolute atomic E-state index is 13.5. The fraction of sp³-hybridized carbons (Fsp3) is 0.368. The summed E-state index contributed by atoms with van der Waals surface area (Å²) in [4.78, 5) is 19.2. The molecule has 0 aliphatic carbocycles. The van der Waals surface area contributed by atoms with Gasteiger partial charge in [-0.15, -0.1) is 0 Å². The molecule has 0 radical (unpaired) electrons. The standard InChI is InChI=1S/C19H23FN4O/c1-14-5-4-9-22-17(14)12-24-10-8-19(13-24,18(25)21-2)23-16-7-3-6-15(20)11-16/h3-7,9,11,23H,8,10,12-13H2,1-2H3,(H,21,25). The van der Waals surface area contributed by atoms with Crippen LogP contribution in [0.2, 0.25) is 0 Å². The van der Waals surface area contributed by atoms with Crippen molar-refractivity contribution >= 4 is 11.6 Å². The quantitative estimate of drug-likeness (QED) is 0.876. The second-order valence-electron chi connectivity index (χ2n) is 6.52. The molecule has 1 fully saturated rings. The van der Waals surface area contributed by atoms with Gasteiger partial charge in [-0.25, -0.2) is 4.39 Å². The lowest BCUT2D eigenvalue weighted by molar-refractivity contribution is -0.124. The van der Waals surface area contributed by atoms with Gasteiger partial charge in [0.2, 0.25) is 5.91 Å². The summed E-state index contributed by atoms with van der Waals surface area (Å²) in [5, 5.41) is 6.00. The van der Waals surface area contributed by atoms with Crippen LogP contribution in [0.15, 0.2) is 42.6 Å². The molecule has 0 spiro atoms. The van der Waals surface area contributed by atoms with Gasteiger partial charge in [0.1, 0.15) is 11.4 Å². The molecule has 5 nitrogen and oxygen atoms in total. The summed E-state index contributed by atoms with van der Waals surface area (Å²) < 4.78 is 13.5. The van der Waals surface area contributed by atoms with Crippen LogP contribution in [0.4, 0.5) is 10.1 Å². The number of nitrogens with one attached hydrogen (secondary N) is 2. The molecule has 2 aromatic rings. The van der Waals surface area contributed by atoms with Crippen molar-refractivity contribution in [2.45, 2.75) is 25.4 Å². The van der Waals surface area contributed by atoms with Crippen molar-refractivity contribution < 1.29 is 9.18 Å². The number of carbonyl (C=O) groups is 1. The van der Waals surface area contributed by atoms with Crippen LogP contribution in [-0.2, 0) is 11.3 Å². The molecule has 1 aromatic heterocycles. The first-order chi connectivity index (χ1) is 12.0. The largest absolute Gasteiger partial charge is 0.370 e. The Bertz CT molecular complexity index is 767. The number of halogens is 1. The Morgan fingerprint density at radius 3 is 2.92 bits per heavy atom. The molecule has 0 saturated carbocycles. The van der Waals surface area contributed by atoms with E-state index >= 15 is 0 Å². The van der Waals surface area contributed by atoms with Crippen molar-refractivity contribution in [2.75, 3.05) is 25.5 Å². The fourth-order valence-corrected chi connectivity index (χ4v) is 3.35. The molecule has 132 valence electrons. The van der Waals surface area contributed by atoms with Crippen molar-refractivity contribution in [1.29, 1.82) is 0 Å². The molecule has 1 saturated heterocycles. The minimum absolute atomic E-state index is 0.0861. The van der Waals surface area contributed by atoms with Crippen LogP contribution in [0, 0.1) is 12.7 Å². The number of likely N-dealkylation sites (tertiary alicyclic amines) is 1. The van der Waals surface area contributed by atoms with E-state index < -0.39 is 5.54 Å². The third-order valence-corrected chi connectivity index (χ3v) is 4.71. The van der Waals surface area contributed by atoms with Crippen LogP contribution in [0.3, 0.4) is 0 Å². The minimum atomic E-state index is -0.773. The zero-order chi connectivity index (χ0) is 17.9. The summed E-state index contributed by atoms with van der Waals surface area (Å²) in [5.74, 6) is -0.409. The highest BCUT2D eigenvalue weighted by Gasteiger charge is 2.44. The number of aromatic nitrogens is 1. The third-order valence-electron chi connectivity index (χ3n) is 4.71. The second kappa shape index (κ2) is 7.19. The smallest absolute Gasteiger partial charge is 0.246 e. The number of carbonyl (C=O) groups excluding carboxylic acids is 1.